The molecule has 3 heteroatoms. The average molecular weight is 287 g/mol. The summed E-state index contributed by atoms with van der Waals surface area (Å²) in [5.41, 5.74) is 2.26. The Morgan fingerprint density at radius 2 is 1.90 bits per heavy atom. The predicted octanol–water partition coefficient (Wildman–Crippen LogP) is 4.03. The van der Waals surface area contributed by atoms with Crippen LogP contribution in [-0.4, -0.2) is 25.7 Å². The third-order valence-electron chi connectivity index (χ3n) is 4.12. The van der Waals surface area contributed by atoms with Crippen molar-refractivity contribution in [3.8, 4) is 0 Å². The summed E-state index contributed by atoms with van der Waals surface area (Å²) in [6.07, 6.45) is 9.92. The molecule has 0 spiro atoms. The van der Waals surface area contributed by atoms with Gasteiger partial charge in [-0.2, -0.15) is 0 Å². The number of rotatable bonds is 5. The van der Waals surface area contributed by atoms with Gasteiger partial charge in [-0.1, -0.05) is 31.4 Å². The smallest absolute Gasteiger partial charge is 0.330 e. The van der Waals surface area contributed by atoms with Crippen molar-refractivity contribution in [2.45, 2.75) is 45.1 Å². The second-order valence-corrected chi connectivity index (χ2v) is 5.58. The van der Waals surface area contributed by atoms with E-state index in [1.807, 2.05) is 19.1 Å². The van der Waals surface area contributed by atoms with Crippen LogP contribution in [0.15, 0.2) is 30.3 Å². The fraction of sp³-hybridized carbons (Fsp3) is 0.500. The lowest BCUT2D eigenvalue weighted by Crippen LogP contribution is -2.33. The van der Waals surface area contributed by atoms with Crippen LogP contribution >= 0.6 is 0 Å². The van der Waals surface area contributed by atoms with Gasteiger partial charge < -0.3 is 9.64 Å². The van der Waals surface area contributed by atoms with Gasteiger partial charge in [-0.3, -0.25) is 0 Å². The van der Waals surface area contributed by atoms with Crippen molar-refractivity contribution in [1.29, 1.82) is 0 Å². The number of benzene rings is 1. The first kappa shape index (κ1) is 15.6. The van der Waals surface area contributed by atoms with Crippen LogP contribution in [-0.2, 0) is 9.53 Å². The third-order valence-corrected chi connectivity index (χ3v) is 4.12. The second kappa shape index (κ2) is 7.87. The minimum atomic E-state index is -0.291. The topological polar surface area (TPSA) is 29.5 Å². The summed E-state index contributed by atoms with van der Waals surface area (Å²) in [6, 6.07) is 9.01. The molecule has 0 heterocycles. The molecule has 21 heavy (non-hydrogen) atoms. The minimum Gasteiger partial charge on any atom is -0.463 e. The molecule has 0 aromatic heterocycles. The van der Waals surface area contributed by atoms with Crippen molar-refractivity contribution in [3.63, 3.8) is 0 Å². The molecule has 0 aliphatic heterocycles. The summed E-state index contributed by atoms with van der Waals surface area (Å²) >= 11 is 0. The zero-order chi connectivity index (χ0) is 15.1. The molecule has 2 rings (SSSR count). The maximum Gasteiger partial charge on any atom is 0.330 e. The van der Waals surface area contributed by atoms with E-state index in [1.54, 1.807) is 6.08 Å². The molecule has 1 aliphatic carbocycles. The third kappa shape index (κ3) is 4.62. The van der Waals surface area contributed by atoms with E-state index >= 15 is 0 Å². The largest absolute Gasteiger partial charge is 0.463 e. The van der Waals surface area contributed by atoms with E-state index < -0.39 is 0 Å². The van der Waals surface area contributed by atoms with Gasteiger partial charge in [-0.25, -0.2) is 4.79 Å². The van der Waals surface area contributed by atoms with E-state index in [-0.39, 0.29) is 5.97 Å². The fourth-order valence-electron chi connectivity index (χ4n) is 2.85. The van der Waals surface area contributed by atoms with Gasteiger partial charge >= 0.3 is 5.97 Å². The van der Waals surface area contributed by atoms with E-state index in [2.05, 4.69) is 24.1 Å². The number of nitrogens with zero attached hydrogens (tertiary/aromatic N) is 1. The number of carbonyl (C=O) groups excluding carboxylic acids is 1. The van der Waals surface area contributed by atoms with Crippen molar-refractivity contribution in [1.82, 2.24) is 0 Å². The van der Waals surface area contributed by atoms with Crippen LogP contribution in [0.2, 0.25) is 0 Å². The maximum absolute atomic E-state index is 11.3. The van der Waals surface area contributed by atoms with E-state index in [0.717, 1.165) is 5.56 Å². The Morgan fingerprint density at radius 3 is 2.52 bits per heavy atom. The highest BCUT2D eigenvalue weighted by Gasteiger charge is 2.17. The number of hydrogen-bond donors (Lipinski definition) is 0. The molecule has 114 valence electrons. The monoisotopic (exact) mass is 287 g/mol. The van der Waals surface area contributed by atoms with Gasteiger partial charge in [0.25, 0.3) is 0 Å². The summed E-state index contributed by atoms with van der Waals surface area (Å²) in [6.45, 7) is 2.22. The number of anilines is 1. The van der Waals surface area contributed by atoms with Gasteiger partial charge in [0, 0.05) is 24.9 Å². The molecule has 0 radical (unpaired) electrons. The molecule has 3 nitrogen and oxygen atoms in total. The quantitative estimate of drug-likeness (QED) is 0.605. The molecule has 1 aliphatic rings. The van der Waals surface area contributed by atoms with Crippen LogP contribution in [0.25, 0.3) is 6.08 Å². The Morgan fingerprint density at radius 1 is 1.24 bits per heavy atom. The van der Waals surface area contributed by atoms with E-state index in [1.165, 1.54) is 43.9 Å². The summed E-state index contributed by atoms with van der Waals surface area (Å²) in [4.78, 5) is 13.7. The van der Waals surface area contributed by atoms with Crippen molar-refractivity contribution < 1.29 is 9.53 Å². The Balaban J connectivity index is 1.96. The molecule has 0 saturated heterocycles. The predicted molar refractivity (Wildman–Crippen MR) is 87.4 cm³/mol. The Hall–Kier alpha value is -1.77. The minimum absolute atomic E-state index is 0.291. The number of esters is 1. The first-order valence-electron chi connectivity index (χ1n) is 7.88. The van der Waals surface area contributed by atoms with E-state index in [9.17, 15) is 4.79 Å². The van der Waals surface area contributed by atoms with Crippen LogP contribution in [0.4, 0.5) is 5.69 Å². The van der Waals surface area contributed by atoms with Gasteiger partial charge in [0.1, 0.15) is 0 Å². The summed E-state index contributed by atoms with van der Waals surface area (Å²) in [5, 5.41) is 0. The normalized spacial score (nSPS) is 16.1. The molecule has 1 aromatic carbocycles. The highest BCUT2D eigenvalue weighted by atomic mass is 16.5. The van der Waals surface area contributed by atoms with Gasteiger partial charge in [0.05, 0.1) is 6.61 Å². The molecular weight excluding hydrogens is 262 g/mol. The zero-order valence-corrected chi connectivity index (χ0v) is 13.0. The highest BCUT2D eigenvalue weighted by molar-refractivity contribution is 5.87. The first-order chi connectivity index (χ1) is 10.2. The summed E-state index contributed by atoms with van der Waals surface area (Å²) < 4.78 is 4.87. The molecule has 0 bridgehead atoms. The summed E-state index contributed by atoms with van der Waals surface area (Å²) in [7, 11) is 2.18. The van der Waals surface area contributed by atoms with Crippen LogP contribution in [0, 0.1) is 0 Å². The Bertz CT molecular complexity index is 472. The lowest BCUT2D eigenvalue weighted by atomic mass is 9.94. The van der Waals surface area contributed by atoms with E-state index in [4.69, 9.17) is 4.74 Å². The maximum atomic E-state index is 11.3. The van der Waals surface area contributed by atoms with Gasteiger partial charge in [0.2, 0.25) is 0 Å². The van der Waals surface area contributed by atoms with Crippen molar-refractivity contribution in [2.24, 2.45) is 0 Å². The number of hydrogen-bond acceptors (Lipinski definition) is 3. The van der Waals surface area contributed by atoms with Crippen LogP contribution < -0.4 is 4.90 Å². The van der Waals surface area contributed by atoms with E-state index in [0.29, 0.717) is 12.6 Å². The Kier molecular flexibility index (Phi) is 5.85. The van der Waals surface area contributed by atoms with Crippen LogP contribution in [0.5, 0.6) is 0 Å². The molecule has 1 saturated carbocycles. The molecular formula is C18H25NO2. The van der Waals surface area contributed by atoms with Crippen LogP contribution in [0.1, 0.15) is 44.6 Å². The molecule has 0 amide bonds. The number of carbonyl (C=O) groups is 1. The number of ether oxygens (including phenoxy) is 1. The molecule has 1 fully saturated rings. The molecule has 0 atom stereocenters. The molecule has 1 aromatic rings. The standard InChI is InChI=1S/C18H25NO2/c1-3-21-18(20)14-11-15-9-12-17(13-10-15)19(2)16-7-5-4-6-8-16/h9-14,16H,3-8H2,1-2H3/b14-11-. The lowest BCUT2D eigenvalue weighted by molar-refractivity contribution is -0.137. The van der Waals surface area contributed by atoms with Crippen molar-refractivity contribution in [2.75, 3.05) is 18.6 Å². The second-order valence-electron chi connectivity index (χ2n) is 5.58. The average Bonchev–Trinajstić information content (AvgIpc) is 2.54. The molecule has 0 N–H and O–H groups in total. The van der Waals surface area contributed by atoms with Gasteiger partial charge in [0.15, 0.2) is 0 Å². The highest BCUT2D eigenvalue weighted by Crippen LogP contribution is 2.26. The van der Waals surface area contributed by atoms with Gasteiger partial charge in [-0.15, -0.1) is 0 Å². The SMILES string of the molecule is CCOC(=O)/C=C\c1ccc(N(C)C2CCCCC2)cc1. The van der Waals surface area contributed by atoms with Gasteiger partial charge in [-0.05, 0) is 43.5 Å². The fourth-order valence-corrected chi connectivity index (χ4v) is 2.85. The summed E-state index contributed by atoms with van der Waals surface area (Å²) in [5.74, 6) is -0.291. The Labute approximate surface area is 127 Å². The zero-order valence-electron chi connectivity index (χ0n) is 13.0. The molecule has 0 unspecified atom stereocenters. The van der Waals surface area contributed by atoms with Crippen LogP contribution in [0.3, 0.4) is 0 Å². The van der Waals surface area contributed by atoms with Crippen molar-refractivity contribution in [3.05, 3.63) is 35.9 Å². The van der Waals surface area contributed by atoms with Crippen molar-refractivity contribution >= 4 is 17.7 Å². The lowest BCUT2D eigenvalue weighted by Gasteiger charge is -2.33. The first-order valence-corrected chi connectivity index (χ1v) is 7.88.